The lowest BCUT2D eigenvalue weighted by molar-refractivity contribution is -0.384. The second kappa shape index (κ2) is 8.84. The number of benzene rings is 1. The molecule has 0 bridgehead atoms. The lowest BCUT2D eigenvalue weighted by atomic mass is 10.2. The van der Waals surface area contributed by atoms with E-state index in [-0.39, 0.29) is 23.0 Å². The van der Waals surface area contributed by atoms with Crippen molar-refractivity contribution in [3.63, 3.8) is 0 Å². The van der Waals surface area contributed by atoms with Crippen molar-refractivity contribution in [2.45, 2.75) is 13.8 Å². The van der Waals surface area contributed by atoms with Gasteiger partial charge in [0.1, 0.15) is 5.02 Å². The molecule has 0 N–H and O–H groups in total. The van der Waals surface area contributed by atoms with E-state index in [9.17, 15) is 19.7 Å². The number of nitro benzene ring substituents is 1. The Balaban J connectivity index is 2.72. The van der Waals surface area contributed by atoms with E-state index in [0.717, 1.165) is 6.07 Å². The third-order valence-electron chi connectivity index (χ3n) is 3.15. The Labute approximate surface area is 143 Å². The standard InChI is InChI=1S/C15H16ClN3O5/c1-3-18(8-10(2)7-17)14(20)9-24-15(21)11-4-5-12(16)13(6-11)19(22)23/h4-6,10H,3,8-9H2,1-2H3/t10-/m0/s1. The molecule has 0 unspecified atom stereocenters. The van der Waals surface area contributed by atoms with Crippen molar-refractivity contribution in [3.05, 3.63) is 38.9 Å². The number of esters is 1. The normalized spacial score (nSPS) is 11.2. The smallest absolute Gasteiger partial charge is 0.338 e. The van der Waals surface area contributed by atoms with Crippen LogP contribution in [0, 0.1) is 27.4 Å². The Morgan fingerprint density at radius 1 is 1.50 bits per heavy atom. The zero-order chi connectivity index (χ0) is 18.3. The van der Waals surface area contributed by atoms with Crippen LogP contribution in [-0.4, -0.2) is 41.4 Å². The summed E-state index contributed by atoms with van der Waals surface area (Å²) in [6.45, 7) is 3.51. The Morgan fingerprint density at radius 3 is 2.71 bits per heavy atom. The molecule has 24 heavy (non-hydrogen) atoms. The summed E-state index contributed by atoms with van der Waals surface area (Å²) in [5.74, 6) is -1.66. The lowest BCUT2D eigenvalue weighted by Crippen LogP contribution is -2.37. The van der Waals surface area contributed by atoms with E-state index in [2.05, 4.69) is 0 Å². The van der Waals surface area contributed by atoms with Crippen LogP contribution < -0.4 is 0 Å². The van der Waals surface area contributed by atoms with Gasteiger partial charge in [-0.25, -0.2) is 4.79 Å². The summed E-state index contributed by atoms with van der Waals surface area (Å²) in [5, 5.41) is 19.5. The van der Waals surface area contributed by atoms with Crippen molar-refractivity contribution >= 4 is 29.2 Å². The zero-order valence-electron chi connectivity index (χ0n) is 13.2. The Hall–Kier alpha value is -2.66. The number of amides is 1. The van der Waals surface area contributed by atoms with Crippen LogP contribution in [0.3, 0.4) is 0 Å². The fourth-order valence-corrected chi connectivity index (χ4v) is 2.05. The minimum atomic E-state index is -0.868. The summed E-state index contributed by atoms with van der Waals surface area (Å²) in [7, 11) is 0. The van der Waals surface area contributed by atoms with Crippen LogP contribution in [0.5, 0.6) is 0 Å². The molecule has 1 aromatic carbocycles. The highest BCUT2D eigenvalue weighted by Crippen LogP contribution is 2.25. The maximum Gasteiger partial charge on any atom is 0.338 e. The molecule has 0 aliphatic carbocycles. The van der Waals surface area contributed by atoms with Crippen molar-refractivity contribution in [1.29, 1.82) is 5.26 Å². The van der Waals surface area contributed by atoms with Gasteiger partial charge in [0.2, 0.25) is 0 Å². The summed E-state index contributed by atoms with van der Waals surface area (Å²) in [4.78, 5) is 35.4. The molecule has 0 aliphatic rings. The van der Waals surface area contributed by atoms with Gasteiger partial charge in [0.05, 0.1) is 22.5 Å². The van der Waals surface area contributed by atoms with Gasteiger partial charge < -0.3 is 9.64 Å². The van der Waals surface area contributed by atoms with E-state index in [0.29, 0.717) is 6.54 Å². The van der Waals surface area contributed by atoms with Crippen molar-refractivity contribution in [1.82, 2.24) is 4.90 Å². The maximum atomic E-state index is 12.0. The molecule has 0 spiro atoms. The molecule has 0 heterocycles. The minimum Gasteiger partial charge on any atom is -0.452 e. The number of hydrogen-bond acceptors (Lipinski definition) is 6. The number of likely N-dealkylation sites (N-methyl/N-ethyl adjacent to an activating group) is 1. The first-order chi connectivity index (χ1) is 11.3. The molecule has 9 heteroatoms. The van der Waals surface area contributed by atoms with Gasteiger partial charge in [-0.1, -0.05) is 11.6 Å². The molecule has 0 aliphatic heterocycles. The second-order valence-electron chi connectivity index (χ2n) is 4.96. The quantitative estimate of drug-likeness (QED) is 0.422. The largest absolute Gasteiger partial charge is 0.452 e. The highest BCUT2D eigenvalue weighted by atomic mass is 35.5. The lowest BCUT2D eigenvalue weighted by Gasteiger charge is -2.21. The van der Waals surface area contributed by atoms with Gasteiger partial charge in [-0.05, 0) is 26.0 Å². The summed E-state index contributed by atoms with van der Waals surface area (Å²) >= 11 is 5.67. The van der Waals surface area contributed by atoms with Crippen molar-refractivity contribution in [3.8, 4) is 6.07 Å². The third kappa shape index (κ3) is 5.21. The van der Waals surface area contributed by atoms with E-state index in [4.69, 9.17) is 21.6 Å². The summed E-state index contributed by atoms with van der Waals surface area (Å²) in [6.07, 6.45) is 0. The van der Waals surface area contributed by atoms with Gasteiger partial charge in [0.25, 0.3) is 11.6 Å². The Morgan fingerprint density at radius 2 is 2.17 bits per heavy atom. The number of rotatable bonds is 7. The second-order valence-corrected chi connectivity index (χ2v) is 5.37. The van der Waals surface area contributed by atoms with Crippen LogP contribution in [0.15, 0.2) is 18.2 Å². The zero-order valence-corrected chi connectivity index (χ0v) is 13.9. The van der Waals surface area contributed by atoms with E-state index in [1.54, 1.807) is 13.8 Å². The van der Waals surface area contributed by atoms with Crippen molar-refractivity contribution in [2.24, 2.45) is 5.92 Å². The minimum absolute atomic E-state index is 0.0765. The average Bonchev–Trinajstić information content (AvgIpc) is 2.56. The molecule has 1 rings (SSSR count). The molecule has 8 nitrogen and oxygen atoms in total. The van der Waals surface area contributed by atoms with Crippen LogP contribution in [0.2, 0.25) is 5.02 Å². The number of halogens is 1. The molecule has 0 radical (unpaired) electrons. The first-order valence-electron chi connectivity index (χ1n) is 7.08. The number of nitriles is 1. The van der Waals surface area contributed by atoms with Gasteiger partial charge in [0, 0.05) is 19.2 Å². The SMILES string of the molecule is CCN(C[C@@H](C)C#N)C(=O)COC(=O)c1ccc(Cl)c([N+](=O)[O-])c1. The van der Waals surface area contributed by atoms with Crippen LogP contribution >= 0.6 is 11.6 Å². The molecule has 1 aromatic rings. The molecule has 0 fully saturated rings. The summed E-state index contributed by atoms with van der Waals surface area (Å²) < 4.78 is 4.88. The fraction of sp³-hybridized carbons (Fsp3) is 0.400. The highest BCUT2D eigenvalue weighted by molar-refractivity contribution is 6.32. The monoisotopic (exact) mass is 353 g/mol. The molecule has 0 saturated heterocycles. The maximum absolute atomic E-state index is 12.0. The first-order valence-corrected chi connectivity index (χ1v) is 7.46. The number of carbonyl (C=O) groups excluding carboxylic acids is 2. The molecule has 0 aromatic heterocycles. The molecule has 1 atom stereocenters. The summed E-state index contributed by atoms with van der Waals surface area (Å²) in [6, 6.07) is 5.50. The topological polar surface area (TPSA) is 114 Å². The molecule has 1 amide bonds. The van der Waals surface area contributed by atoms with Gasteiger partial charge in [-0.15, -0.1) is 0 Å². The van der Waals surface area contributed by atoms with Crippen molar-refractivity contribution in [2.75, 3.05) is 19.7 Å². The number of hydrogen-bond donors (Lipinski definition) is 0. The third-order valence-corrected chi connectivity index (χ3v) is 3.47. The number of ether oxygens (including phenoxy) is 1. The van der Waals surface area contributed by atoms with Gasteiger partial charge in [-0.3, -0.25) is 14.9 Å². The molecular weight excluding hydrogens is 338 g/mol. The highest BCUT2D eigenvalue weighted by Gasteiger charge is 2.20. The van der Waals surface area contributed by atoms with Crippen molar-refractivity contribution < 1.29 is 19.2 Å². The van der Waals surface area contributed by atoms with Gasteiger partial charge >= 0.3 is 5.97 Å². The fourth-order valence-electron chi connectivity index (χ4n) is 1.86. The van der Waals surface area contributed by atoms with Gasteiger partial charge in [-0.2, -0.15) is 5.26 Å². The predicted octanol–water partition coefficient (Wildman–Crippen LogP) is 2.41. The van der Waals surface area contributed by atoms with E-state index >= 15 is 0 Å². The Kier molecular flexibility index (Phi) is 7.14. The van der Waals surface area contributed by atoms with Crippen LogP contribution in [0.4, 0.5) is 5.69 Å². The van der Waals surface area contributed by atoms with E-state index in [1.165, 1.54) is 17.0 Å². The number of nitro groups is 1. The molecular formula is C15H16ClN3O5. The van der Waals surface area contributed by atoms with E-state index in [1.807, 2.05) is 6.07 Å². The number of nitrogens with zero attached hydrogens (tertiary/aromatic N) is 3. The number of carbonyl (C=O) groups is 2. The molecule has 0 saturated carbocycles. The van der Waals surface area contributed by atoms with Crippen LogP contribution in [0.1, 0.15) is 24.2 Å². The molecule has 128 valence electrons. The van der Waals surface area contributed by atoms with E-state index < -0.39 is 29.1 Å². The van der Waals surface area contributed by atoms with Crippen LogP contribution in [-0.2, 0) is 9.53 Å². The van der Waals surface area contributed by atoms with Gasteiger partial charge in [0.15, 0.2) is 6.61 Å². The van der Waals surface area contributed by atoms with Crippen LogP contribution in [0.25, 0.3) is 0 Å². The summed E-state index contributed by atoms with van der Waals surface area (Å²) in [5.41, 5.74) is -0.497. The average molecular weight is 354 g/mol. The Bertz CT molecular complexity index is 686. The first kappa shape index (κ1) is 19.4. The predicted molar refractivity (Wildman–Crippen MR) is 85.4 cm³/mol.